The minimum atomic E-state index is 0.255. The summed E-state index contributed by atoms with van der Waals surface area (Å²) in [5.74, 6) is 0.255. The smallest absolute Gasteiger partial charge is 0.115 e. The molecule has 0 saturated carbocycles. The van der Waals surface area contributed by atoms with Gasteiger partial charge in [-0.1, -0.05) is 42.5 Å². The van der Waals surface area contributed by atoms with Crippen LogP contribution in [0.1, 0.15) is 11.1 Å². The molecule has 0 saturated heterocycles. The summed E-state index contributed by atoms with van der Waals surface area (Å²) < 4.78 is 0. The van der Waals surface area contributed by atoms with Gasteiger partial charge in [-0.15, -0.1) is 0 Å². The fraction of sp³-hybridized carbons (Fsp3) is 0. The van der Waals surface area contributed by atoms with Gasteiger partial charge in [0.05, 0.1) is 17.1 Å². The standard InChI is InChI=1S/C21H16N2O/c24-17-12-10-16(11-13-17)21-14-20(15-6-2-1-3-7-15)22-18-8-4-5-9-19(18)23-21/h1-14,23-24H. The van der Waals surface area contributed by atoms with Crippen molar-refractivity contribution in [2.75, 3.05) is 5.32 Å². The number of phenols is 1. The second-order valence-corrected chi connectivity index (χ2v) is 5.61. The predicted molar refractivity (Wildman–Crippen MR) is 98.8 cm³/mol. The average molecular weight is 312 g/mol. The van der Waals surface area contributed by atoms with E-state index < -0.39 is 0 Å². The molecule has 2 N–H and O–H groups in total. The first-order chi connectivity index (χ1) is 11.8. The van der Waals surface area contributed by atoms with E-state index in [2.05, 4.69) is 17.4 Å². The van der Waals surface area contributed by atoms with E-state index in [0.717, 1.165) is 33.9 Å². The number of aliphatic imine (C=N–C) groups is 1. The van der Waals surface area contributed by atoms with Gasteiger partial charge in [-0.2, -0.15) is 0 Å². The van der Waals surface area contributed by atoms with Gasteiger partial charge in [-0.05, 0) is 48.0 Å². The summed E-state index contributed by atoms with van der Waals surface area (Å²) in [5.41, 5.74) is 5.77. The van der Waals surface area contributed by atoms with Crippen molar-refractivity contribution in [3.8, 4) is 5.75 Å². The highest BCUT2D eigenvalue weighted by atomic mass is 16.3. The number of nitrogens with zero attached hydrogens (tertiary/aromatic N) is 1. The number of phenolic OH excluding ortho intramolecular Hbond substituents is 1. The molecule has 0 unspecified atom stereocenters. The van der Waals surface area contributed by atoms with Crippen molar-refractivity contribution in [1.82, 2.24) is 0 Å². The second kappa shape index (κ2) is 6.05. The lowest BCUT2D eigenvalue weighted by Crippen LogP contribution is -2.01. The first kappa shape index (κ1) is 14.3. The lowest BCUT2D eigenvalue weighted by molar-refractivity contribution is 0.475. The van der Waals surface area contributed by atoms with Crippen molar-refractivity contribution < 1.29 is 5.11 Å². The molecule has 1 aliphatic heterocycles. The van der Waals surface area contributed by atoms with Crippen LogP contribution in [0.2, 0.25) is 0 Å². The molecule has 0 spiro atoms. The number of aromatic hydroxyl groups is 1. The molecule has 1 aliphatic rings. The molecular formula is C21H16N2O. The average Bonchev–Trinajstić information content (AvgIpc) is 2.83. The van der Waals surface area contributed by atoms with Crippen molar-refractivity contribution in [2.24, 2.45) is 4.99 Å². The van der Waals surface area contributed by atoms with Gasteiger partial charge < -0.3 is 10.4 Å². The number of hydrogen-bond donors (Lipinski definition) is 2. The molecule has 24 heavy (non-hydrogen) atoms. The lowest BCUT2D eigenvalue weighted by Gasteiger charge is -2.11. The summed E-state index contributed by atoms with van der Waals surface area (Å²) in [6.45, 7) is 0. The van der Waals surface area contributed by atoms with Crippen LogP contribution in [0.15, 0.2) is 89.9 Å². The number of allylic oxidation sites excluding steroid dienone is 1. The minimum Gasteiger partial charge on any atom is -0.508 e. The molecule has 0 bridgehead atoms. The molecule has 0 aromatic heterocycles. The first-order valence-corrected chi connectivity index (χ1v) is 7.81. The lowest BCUT2D eigenvalue weighted by atomic mass is 10.1. The summed E-state index contributed by atoms with van der Waals surface area (Å²) >= 11 is 0. The normalized spacial score (nSPS) is 13.2. The maximum absolute atomic E-state index is 9.53. The van der Waals surface area contributed by atoms with Crippen LogP contribution in [-0.4, -0.2) is 10.8 Å². The third-order valence-electron chi connectivity index (χ3n) is 3.94. The van der Waals surface area contributed by atoms with Crippen LogP contribution in [0.3, 0.4) is 0 Å². The van der Waals surface area contributed by atoms with Gasteiger partial charge in [0.15, 0.2) is 0 Å². The van der Waals surface area contributed by atoms with Crippen LogP contribution >= 0.6 is 0 Å². The molecule has 0 fully saturated rings. The molecule has 0 atom stereocenters. The monoisotopic (exact) mass is 312 g/mol. The van der Waals surface area contributed by atoms with Gasteiger partial charge in [0.1, 0.15) is 5.75 Å². The molecule has 0 aliphatic carbocycles. The summed E-state index contributed by atoms with van der Waals surface area (Å²) in [4.78, 5) is 4.83. The number of hydrogen-bond acceptors (Lipinski definition) is 3. The fourth-order valence-electron chi connectivity index (χ4n) is 2.71. The van der Waals surface area contributed by atoms with Crippen molar-refractivity contribution in [1.29, 1.82) is 0 Å². The highest BCUT2D eigenvalue weighted by molar-refractivity contribution is 6.15. The number of anilines is 1. The zero-order chi connectivity index (χ0) is 16.4. The highest BCUT2D eigenvalue weighted by Gasteiger charge is 2.13. The summed E-state index contributed by atoms with van der Waals surface area (Å²) in [6.07, 6.45) is 2.04. The Bertz CT molecular complexity index is 926. The van der Waals surface area contributed by atoms with Crippen LogP contribution in [0.4, 0.5) is 11.4 Å². The molecule has 116 valence electrons. The number of rotatable bonds is 2. The molecule has 3 heteroatoms. The second-order valence-electron chi connectivity index (χ2n) is 5.61. The van der Waals surface area contributed by atoms with Gasteiger partial charge >= 0.3 is 0 Å². The van der Waals surface area contributed by atoms with Crippen molar-refractivity contribution >= 4 is 22.8 Å². The Morgan fingerprint density at radius 1 is 0.708 bits per heavy atom. The molecule has 0 amide bonds. The number of benzene rings is 3. The SMILES string of the molecule is Oc1ccc(C2=CC(c3ccccc3)=Nc3ccccc3N2)cc1. The Kier molecular flexibility index (Phi) is 3.60. The van der Waals surface area contributed by atoms with Crippen LogP contribution in [-0.2, 0) is 0 Å². The van der Waals surface area contributed by atoms with Gasteiger partial charge in [-0.25, -0.2) is 4.99 Å². The van der Waals surface area contributed by atoms with Crippen molar-refractivity contribution in [3.63, 3.8) is 0 Å². The predicted octanol–water partition coefficient (Wildman–Crippen LogP) is 4.98. The molecule has 3 aromatic carbocycles. The number of fused-ring (bicyclic) bond motifs is 1. The zero-order valence-electron chi connectivity index (χ0n) is 13.0. The van der Waals surface area contributed by atoms with E-state index in [4.69, 9.17) is 4.99 Å². The van der Waals surface area contributed by atoms with E-state index >= 15 is 0 Å². The van der Waals surface area contributed by atoms with Crippen LogP contribution in [0.25, 0.3) is 5.70 Å². The maximum Gasteiger partial charge on any atom is 0.115 e. The van der Waals surface area contributed by atoms with Gasteiger partial charge in [0.2, 0.25) is 0 Å². The quantitative estimate of drug-likeness (QED) is 0.701. The van der Waals surface area contributed by atoms with Crippen LogP contribution in [0.5, 0.6) is 5.75 Å². The molecule has 3 nitrogen and oxygen atoms in total. The highest BCUT2D eigenvalue weighted by Crippen LogP contribution is 2.32. The Balaban J connectivity index is 1.87. The van der Waals surface area contributed by atoms with Crippen LogP contribution in [0, 0.1) is 0 Å². The maximum atomic E-state index is 9.53. The van der Waals surface area contributed by atoms with E-state index in [1.807, 2.05) is 60.7 Å². The van der Waals surface area contributed by atoms with E-state index in [-0.39, 0.29) is 5.75 Å². The van der Waals surface area contributed by atoms with Crippen molar-refractivity contribution in [3.05, 3.63) is 96.1 Å². The van der Waals surface area contributed by atoms with Gasteiger partial charge in [0.25, 0.3) is 0 Å². The van der Waals surface area contributed by atoms with Gasteiger partial charge in [0, 0.05) is 11.3 Å². The van der Waals surface area contributed by atoms with Crippen LogP contribution < -0.4 is 5.32 Å². The van der Waals surface area contributed by atoms with E-state index in [1.165, 1.54) is 0 Å². The Morgan fingerprint density at radius 2 is 1.42 bits per heavy atom. The topological polar surface area (TPSA) is 44.6 Å². The van der Waals surface area contributed by atoms with Gasteiger partial charge in [-0.3, -0.25) is 0 Å². The summed E-state index contributed by atoms with van der Waals surface area (Å²) in [5, 5.41) is 13.0. The summed E-state index contributed by atoms with van der Waals surface area (Å²) in [7, 11) is 0. The Labute approximate surface area is 140 Å². The zero-order valence-corrected chi connectivity index (χ0v) is 13.0. The minimum absolute atomic E-state index is 0.255. The molecule has 0 radical (unpaired) electrons. The largest absolute Gasteiger partial charge is 0.508 e. The number of para-hydroxylation sites is 2. The molecule has 1 heterocycles. The fourth-order valence-corrected chi connectivity index (χ4v) is 2.71. The first-order valence-electron chi connectivity index (χ1n) is 7.81. The number of nitrogens with one attached hydrogen (secondary N) is 1. The summed E-state index contributed by atoms with van der Waals surface area (Å²) in [6, 6.07) is 25.3. The molecule has 3 aromatic rings. The molecular weight excluding hydrogens is 296 g/mol. The Morgan fingerprint density at radius 3 is 2.21 bits per heavy atom. The van der Waals surface area contributed by atoms with E-state index in [9.17, 15) is 5.11 Å². The Hall–Kier alpha value is -3.33. The van der Waals surface area contributed by atoms with E-state index in [0.29, 0.717) is 0 Å². The third-order valence-corrected chi connectivity index (χ3v) is 3.94. The third kappa shape index (κ3) is 2.79. The van der Waals surface area contributed by atoms with E-state index in [1.54, 1.807) is 12.1 Å². The van der Waals surface area contributed by atoms with Crippen molar-refractivity contribution in [2.45, 2.75) is 0 Å². The molecule has 4 rings (SSSR count).